The number of para-hydroxylation sites is 3. The molecule has 4 heteroatoms. The highest BCUT2D eigenvalue weighted by molar-refractivity contribution is 7.99. The van der Waals surface area contributed by atoms with E-state index in [-0.39, 0.29) is 0 Å². The minimum atomic E-state index is -0.619. The van der Waals surface area contributed by atoms with Crippen LogP contribution in [0.15, 0.2) is 263 Å². The van der Waals surface area contributed by atoms with Crippen molar-refractivity contribution < 1.29 is 9.15 Å². The van der Waals surface area contributed by atoms with E-state index in [9.17, 15) is 0 Å². The number of rotatable bonds is 4. The third-order valence-electron chi connectivity index (χ3n) is 16.0. The van der Waals surface area contributed by atoms with Crippen LogP contribution in [0.2, 0.25) is 0 Å². The molecule has 3 nitrogen and oxygen atoms in total. The van der Waals surface area contributed by atoms with Gasteiger partial charge in [0.15, 0.2) is 0 Å². The molecule has 2 aliphatic heterocycles. The maximum atomic E-state index is 6.76. The molecule has 0 fully saturated rings. The van der Waals surface area contributed by atoms with E-state index in [1.807, 2.05) is 17.8 Å². The molecule has 2 spiro atoms. The predicted octanol–water partition coefficient (Wildman–Crippen LogP) is 18.0. The van der Waals surface area contributed by atoms with E-state index in [0.29, 0.717) is 0 Å². The Kier molecular flexibility index (Phi) is 8.24. The van der Waals surface area contributed by atoms with Crippen molar-refractivity contribution in [3.05, 3.63) is 293 Å². The molecule has 0 amide bonds. The van der Waals surface area contributed by atoms with Gasteiger partial charge in [-0.3, -0.25) is 0 Å². The fourth-order valence-electron chi connectivity index (χ4n) is 13.2. The Morgan fingerprint density at radius 1 is 0.319 bits per heavy atom. The summed E-state index contributed by atoms with van der Waals surface area (Å²) in [5.74, 6) is 1.76. The van der Waals surface area contributed by atoms with Crippen molar-refractivity contribution in [1.82, 2.24) is 0 Å². The molecule has 72 heavy (non-hydrogen) atoms. The lowest BCUT2D eigenvalue weighted by atomic mass is 9.66. The number of hydrogen-bond donors (Lipinski definition) is 0. The molecule has 336 valence electrons. The van der Waals surface area contributed by atoms with Crippen LogP contribution < -0.4 is 9.64 Å². The van der Waals surface area contributed by atoms with Crippen LogP contribution in [-0.2, 0) is 10.8 Å². The molecule has 1 aromatic heterocycles. The summed E-state index contributed by atoms with van der Waals surface area (Å²) in [7, 11) is 0. The number of nitrogens with zero attached hydrogens (tertiary/aromatic N) is 1. The lowest BCUT2D eigenvalue weighted by molar-refractivity contribution is 0.436. The van der Waals surface area contributed by atoms with Gasteiger partial charge in [0.25, 0.3) is 0 Å². The van der Waals surface area contributed by atoms with Crippen LogP contribution in [0.4, 0.5) is 17.1 Å². The summed E-state index contributed by atoms with van der Waals surface area (Å²) in [6.45, 7) is 0. The molecule has 0 saturated carbocycles. The molecule has 0 unspecified atom stereocenters. The summed E-state index contributed by atoms with van der Waals surface area (Å²) in [6.07, 6.45) is 0. The van der Waals surface area contributed by atoms with E-state index in [1.165, 1.54) is 65.4 Å². The SMILES string of the molecule is c1ccc2c(c1)Oc1ccccc1C21c2ccccc2-c2ccc(N(c3ccc(-c4cccc5oc6ccccc6c45)cc3)c3ccc4c(c3)C3(c5ccccc5Sc5ccccc53)c3ccccc3-4)cc21. The molecule has 11 aromatic carbocycles. The molecule has 3 heterocycles. The number of hydrogen-bond acceptors (Lipinski definition) is 4. The van der Waals surface area contributed by atoms with Gasteiger partial charge in [-0.1, -0.05) is 188 Å². The Bertz CT molecular complexity index is 3970. The van der Waals surface area contributed by atoms with Gasteiger partial charge in [-0.2, -0.15) is 0 Å². The van der Waals surface area contributed by atoms with E-state index < -0.39 is 10.8 Å². The number of anilines is 3. The third-order valence-corrected chi connectivity index (χ3v) is 17.2. The minimum Gasteiger partial charge on any atom is -0.457 e. The maximum absolute atomic E-state index is 6.76. The number of ether oxygens (including phenoxy) is 1. The third kappa shape index (κ3) is 5.21. The van der Waals surface area contributed by atoms with Crippen molar-refractivity contribution >= 4 is 50.8 Å². The zero-order chi connectivity index (χ0) is 47.1. The second-order valence-corrected chi connectivity index (χ2v) is 20.5. The van der Waals surface area contributed by atoms with Crippen LogP contribution in [-0.4, -0.2) is 0 Å². The van der Waals surface area contributed by atoms with Crippen molar-refractivity contribution in [3.63, 3.8) is 0 Å². The fourth-order valence-corrected chi connectivity index (χ4v) is 14.4. The van der Waals surface area contributed by atoms with Crippen molar-refractivity contribution in [2.75, 3.05) is 4.90 Å². The molecule has 0 saturated heterocycles. The Labute approximate surface area is 421 Å². The van der Waals surface area contributed by atoms with Crippen molar-refractivity contribution in [2.24, 2.45) is 0 Å². The van der Waals surface area contributed by atoms with Gasteiger partial charge < -0.3 is 14.1 Å². The largest absolute Gasteiger partial charge is 0.457 e. The summed E-state index contributed by atoms with van der Waals surface area (Å²) in [5, 5.41) is 2.25. The Morgan fingerprint density at radius 2 is 0.764 bits per heavy atom. The average Bonchev–Trinajstić information content (AvgIpc) is 4.07. The topological polar surface area (TPSA) is 25.6 Å². The number of benzene rings is 11. The number of fused-ring (bicyclic) bond motifs is 21. The predicted molar refractivity (Wildman–Crippen MR) is 293 cm³/mol. The quantitative estimate of drug-likeness (QED) is 0.176. The summed E-state index contributed by atoms with van der Waals surface area (Å²) in [4.78, 5) is 5.06. The second kappa shape index (κ2) is 14.8. The lowest BCUT2D eigenvalue weighted by Crippen LogP contribution is -2.32. The molecule has 0 N–H and O–H groups in total. The monoisotopic (exact) mass is 935 g/mol. The highest BCUT2D eigenvalue weighted by atomic mass is 32.2. The van der Waals surface area contributed by atoms with Crippen molar-refractivity contribution in [3.8, 4) is 44.9 Å². The standard InChI is InChI=1S/C68H41NO2S/c1-4-20-52-47(16-1)49-38-36-44(40-58(49)67(52)54-22-6-11-27-61(54)71-62-28-12-7-23-55(62)67)69(43-34-32-42(33-35-43)46-19-15-29-63-66(46)51-18-3-10-26-60(51)70-63)45-37-39-50-48-17-2-5-21-53(48)68(59(50)41-45)56-24-8-13-30-64(56)72-65-31-14-9-25-57(65)68/h1-41H. The first kappa shape index (κ1) is 40.0. The zero-order valence-corrected chi connectivity index (χ0v) is 39.7. The van der Waals surface area contributed by atoms with E-state index in [0.717, 1.165) is 72.8 Å². The summed E-state index contributed by atoms with van der Waals surface area (Å²) < 4.78 is 13.1. The van der Waals surface area contributed by atoms with E-state index in [1.54, 1.807) is 0 Å². The Morgan fingerprint density at radius 3 is 1.38 bits per heavy atom. The van der Waals surface area contributed by atoms with E-state index in [4.69, 9.17) is 9.15 Å². The Hall–Kier alpha value is -8.83. The molecule has 0 bridgehead atoms. The van der Waals surface area contributed by atoms with Gasteiger partial charge in [-0.25, -0.2) is 0 Å². The first-order valence-corrected chi connectivity index (χ1v) is 25.5. The van der Waals surface area contributed by atoms with Gasteiger partial charge >= 0.3 is 0 Å². The summed E-state index contributed by atoms with van der Waals surface area (Å²) >= 11 is 1.88. The molecule has 0 atom stereocenters. The molecule has 16 rings (SSSR count). The van der Waals surface area contributed by atoms with Crippen molar-refractivity contribution in [2.45, 2.75) is 20.6 Å². The van der Waals surface area contributed by atoms with Crippen LogP contribution in [0, 0.1) is 0 Å². The second-order valence-electron chi connectivity index (χ2n) is 19.4. The van der Waals surface area contributed by atoms with Gasteiger partial charge in [-0.05, 0) is 140 Å². The highest BCUT2D eigenvalue weighted by Crippen LogP contribution is 2.65. The molecule has 0 radical (unpaired) electrons. The normalized spacial score (nSPS) is 14.4. The van der Waals surface area contributed by atoms with Gasteiger partial charge in [0.05, 0.1) is 10.8 Å². The van der Waals surface area contributed by atoms with Crippen LogP contribution >= 0.6 is 11.8 Å². The molecule has 12 aromatic rings. The molecule has 4 aliphatic rings. The van der Waals surface area contributed by atoms with Gasteiger partial charge in [0, 0.05) is 48.8 Å². The lowest BCUT2D eigenvalue weighted by Gasteiger charge is -2.40. The zero-order valence-electron chi connectivity index (χ0n) is 38.8. The van der Waals surface area contributed by atoms with Gasteiger partial charge in [0.1, 0.15) is 22.7 Å². The fraction of sp³-hybridized carbons (Fsp3) is 0.0294. The average molecular weight is 936 g/mol. The van der Waals surface area contributed by atoms with Gasteiger partial charge in [0.2, 0.25) is 0 Å². The maximum Gasteiger partial charge on any atom is 0.136 e. The molecular weight excluding hydrogens is 895 g/mol. The number of furan rings is 1. The summed E-state index contributed by atoms with van der Waals surface area (Å²) in [6, 6.07) is 91.7. The molecular formula is C68H41NO2S. The van der Waals surface area contributed by atoms with Gasteiger partial charge in [-0.15, -0.1) is 0 Å². The van der Waals surface area contributed by atoms with Crippen molar-refractivity contribution in [1.29, 1.82) is 0 Å². The highest BCUT2D eigenvalue weighted by Gasteiger charge is 2.52. The first-order chi connectivity index (χ1) is 35.7. The van der Waals surface area contributed by atoms with Crippen LogP contribution in [0.1, 0.15) is 44.5 Å². The van der Waals surface area contributed by atoms with E-state index in [2.05, 4.69) is 248 Å². The van der Waals surface area contributed by atoms with E-state index >= 15 is 0 Å². The van der Waals surface area contributed by atoms with Crippen LogP contribution in [0.25, 0.3) is 55.3 Å². The van der Waals surface area contributed by atoms with Crippen LogP contribution in [0.5, 0.6) is 11.5 Å². The molecule has 2 aliphatic carbocycles. The Balaban J connectivity index is 0.957. The first-order valence-electron chi connectivity index (χ1n) is 24.7. The summed E-state index contributed by atoms with van der Waals surface area (Å²) in [5.41, 5.74) is 21.2. The van der Waals surface area contributed by atoms with Crippen LogP contribution in [0.3, 0.4) is 0 Å². The minimum absolute atomic E-state index is 0.527. The smallest absolute Gasteiger partial charge is 0.136 e.